The van der Waals surface area contributed by atoms with Crippen LogP contribution in [0.3, 0.4) is 0 Å². The lowest BCUT2D eigenvalue weighted by molar-refractivity contribution is -0.121. The summed E-state index contributed by atoms with van der Waals surface area (Å²) in [6.45, 7) is -1.07. The molecule has 1 aliphatic rings. The molecule has 5 nitrogen and oxygen atoms in total. The number of halogens is 2. The van der Waals surface area contributed by atoms with Crippen LogP contribution in [0.2, 0.25) is 0 Å². The highest BCUT2D eigenvalue weighted by molar-refractivity contribution is 5.98. The number of hydrogen-bond acceptors (Lipinski definition) is 3. The van der Waals surface area contributed by atoms with E-state index in [4.69, 9.17) is 0 Å². The molecule has 2 rings (SSSR count). The number of amides is 2. The minimum atomic E-state index is -3.02. The molecule has 7 heteroatoms. The highest BCUT2D eigenvalue weighted by atomic mass is 19.3. The molecule has 0 aliphatic heterocycles. The molecule has 0 saturated heterocycles. The number of para-hydroxylation sites is 1. The predicted molar refractivity (Wildman–Crippen MR) is 85.0 cm³/mol. The number of alkyl halides is 2. The summed E-state index contributed by atoms with van der Waals surface area (Å²) in [4.78, 5) is 24.0. The summed E-state index contributed by atoms with van der Waals surface area (Å²) in [5.41, 5.74) is -0.0307. The smallest absolute Gasteiger partial charge is 0.387 e. The van der Waals surface area contributed by atoms with E-state index in [9.17, 15) is 18.4 Å². The molecule has 0 spiro atoms. The maximum Gasteiger partial charge on any atom is 0.387 e. The fraction of sp³-hybridized carbons (Fsp3) is 0.529. The molecule has 2 N–H and O–H groups in total. The van der Waals surface area contributed by atoms with Crippen molar-refractivity contribution >= 4 is 11.8 Å². The van der Waals surface area contributed by atoms with E-state index < -0.39 is 12.5 Å². The summed E-state index contributed by atoms with van der Waals surface area (Å²) in [6, 6.07) is 5.81. The molecule has 2 atom stereocenters. The molecule has 0 heterocycles. The zero-order valence-corrected chi connectivity index (χ0v) is 13.6. The van der Waals surface area contributed by atoms with Gasteiger partial charge in [0, 0.05) is 6.04 Å². The Hall–Kier alpha value is -2.18. The predicted octanol–water partition coefficient (Wildman–Crippen LogP) is 2.71. The summed E-state index contributed by atoms with van der Waals surface area (Å²) in [7, 11) is 0. The van der Waals surface area contributed by atoms with Crippen molar-refractivity contribution in [1.82, 2.24) is 10.6 Å². The Bertz CT molecular complexity index is 581. The standard InChI is InChI=1S/C17H22F2N2O3/c1-11-5-4-6-12(9-11)21-15(22)10-20-16(23)13-7-2-3-8-14(13)24-17(18)19/h2-3,7-8,11-12,17H,4-6,9-10H2,1H3,(H,20,23)(H,21,22). The first-order chi connectivity index (χ1) is 11.5. The Balaban J connectivity index is 1.85. The van der Waals surface area contributed by atoms with E-state index >= 15 is 0 Å². The number of ether oxygens (including phenoxy) is 1. The van der Waals surface area contributed by atoms with Gasteiger partial charge in [-0.1, -0.05) is 31.9 Å². The molecular weight excluding hydrogens is 318 g/mol. The topological polar surface area (TPSA) is 67.4 Å². The summed E-state index contributed by atoms with van der Waals surface area (Å²) >= 11 is 0. The minimum Gasteiger partial charge on any atom is -0.434 e. The maximum atomic E-state index is 12.4. The lowest BCUT2D eigenvalue weighted by atomic mass is 9.87. The van der Waals surface area contributed by atoms with E-state index in [2.05, 4.69) is 22.3 Å². The largest absolute Gasteiger partial charge is 0.434 e. The van der Waals surface area contributed by atoms with Crippen LogP contribution in [-0.4, -0.2) is 31.0 Å². The Morgan fingerprint density at radius 2 is 2.04 bits per heavy atom. The van der Waals surface area contributed by atoms with Crippen LogP contribution >= 0.6 is 0 Å². The molecule has 2 amide bonds. The third kappa shape index (κ3) is 5.47. The van der Waals surface area contributed by atoms with Crippen molar-refractivity contribution in [2.75, 3.05) is 6.54 Å². The summed E-state index contributed by atoms with van der Waals surface area (Å²) in [6.07, 6.45) is 4.13. The lowest BCUT2D eigenvalue weighted by Gasteiger charge is -2.27. The summed E-state index contributed by atoms with van der Waals surface area (Å²) < 4.78 is 29.0. The Kier molecular flexibility index (Phi) is 6.52. The highest BCUT2D eigenvalue weighted by Gasteiger charge is 2.21. The van der Waals surface area contributed by atoms with Crippen molar-refractivity contribution in [3.8, 4) is 5.75 Å². The van der Waals surface area contributed by atoms with Crippen LogP contribution in [0.1, 0.15) is 43.0 Å². The van der Waals surface area contributed by atoms with E-state index in [1.54, 1.807) is 0 Å². The van der Waals surface area contributed by atoms with Crippen molar-refractivity contribution in [1.29, 1.82) is 0 Å². The van der Waals surface area contributed by atoms with Crippen molar-refractivity contribution in [2.24, 2.45) is 5.92 Å². The third-order valence-electron chi connectivity index (χ3n) is 4.06. The van der Waals surface area contributed by atoms with Gasteiger partial charge in [0.25, 0.3) is 5.91 Å². The lowest BCUT2D eigenvalue weighted by Crippen LogP contribution is -2.43. The van der Waals surface area contributed by atoms with Crippen molar-refractivity contribution < 1.29 is 23.1 Å². The molecule has 0 radical (unpaired) electrons. The van der Waals surface area contributed by atoms with Crippen LogP contribution < -0.4 is 15.4 Å². The average molecular weight is 340 g/mol. The summed E-state index contributed by atoms with van der Waals surface area (Å²) in [5, 5.41) is 5.34. The van der Waals surface area contributed by atoms with E-state index in [1.165, 1.54) is 30.7 Å². The first kappa shape index (κ1) is 18.2. The molecule has 0 bridgehead atoms. The van der Waals surface area contributed by atoms with Crippen molar-refractivity contribution in [2.45, 2.75) is 45.3 Å². The van der Waals surface area contributed by atoms with Gasteiger partial charge in [-0.05, 0) is 30.9 Å². The normalized spacial score (nSPS) is 20.5. The van der Waals surface area contributed by atoms with Gasteiger partial charge in [0.15, 0.2) is 0 Å². The molecule has 24 heavy (non-hydrogen) atoms. The van der Waals surface area contributed by atoms with E-state index in [0.29, 0.717) is 5.92 Å². The van der Waals surface area contributed by atoms with Gasteiger partial charge in [-0.2, -0.15) is 8.78 Å². The molecule has 0 aromatic heterocycles. The summed E-state index contributed by atoms with van der Waals surface area (Å²) in [5.74, 6) is -0.545. The fourth-order valence-electron chi connectivity index (χ4n) is 2.95. The monoisotopic (exact) mass is 340 g/mol. The number of carbonyl (C=O) groups is 2. The molecule has 1 fully saturated rings. The molecule has 2 unspecified atom stereocenters. The van der Waals surface area contributed by atoms with Gasteiger partial charge in [-0.15, -0.1) is 0 Å². The first-order valence-electron chi connectivity index (χ1n) is 8.07. The van der Waals surface area contributed by atoms with Gasteiger partial charge in [0.05, 0.1) is 12.1 Å². The SMILES string of the molecule is CC1CCCC(NC(=O)CNC(=O)c2ccccc2OC(F)F)C1. The van der Waals surface area contributed by atoms with Gasteiger partial charge >= 0.3 is 6.61 Å². The molecule has 132 valence electrons. The van der Waals surface area contributed by atoms with Gasteiger partial charge in [0.1, 0.15) is 5.75 Å². The molecule has 1 saturated carbocycles. The van der Waals surface area contributed by atoms with Gasteiger partial charge in [-0.25, -0.2) is 0 Å². The first-order valence-corrected chi connectivity index (χ1v) is 8.07. The average Bonchev–Trinajstić information content (AvgIpc) is 2.52. The molecule has 1 aromatic carbocycles. The maximum absolute atomic E-state index is 12.4. The number of benzene rings is 1. The quantitative estimate of drug-likeness (QED) is 0.837. The number of hydrogen-bond donors (Lipinski definition) is 2. The van der Waals surface area contributed by atoms with Gasteiger partial charge in [0.2, 0.25) is 5.91 Å². The van der Waals surface area contributed by atoms with E-state index in [-0.39, 0.29) is 29.8 Å². The number of nitrogens with one attached hydrogen (secondary N) is 2. The van der Waals surface area contributed by atoms with E-state index in [0.717, 1.165) is 19.3 Å². The van der Waals surface area contributed by atoms with E-state index in [1.807, 2.05) is 0 Å². The third-order valence-corrected chi connectivity index (χ3v) is 4.06. The molecule has 1 aliphatic carbocycles. The minimum absolute atomic E-state index is 0.0307. The van der Waals surface area contributed by atoms with Crippen LogP contribution in [0, 0.1) is 5.92 Å². The zero-order valence-electron chi connectivity index (χ0n) is 13.6. The van der Waals surface area contributed by atoms with Gasteiger partial charge < -0.3 is 15.4 Å². The Labute approximate surface area is 139 Å². The zero-order chi connectivity index (χ0) is 17.5. The molecule has 1 aromatic rings. The number of carbonyl (C=O) groups excluding carboxylic acids is 2. The van der Waals surface area contributed by atoms with Crippen LogP contribution in [0.25, 0.3) is 0 Å². The van der Waals surface area contributed by atoms with Crippen LogP contribution in [-0.2, 0) is 4.79 Å². The fourth-order valence-corrected chi connectivity index (χ4v) is 2.95. The Morgan fingerprint density at radius 3 is 2.75 bits per heavy atom. The number of rotatable bonds is 6. The highest BCUT2D eigenvalue weighted by Crippen LogP contribution is 2.23. The van der Waals surface area contributed by atoms with Crippen LogP contribution in [0.4, 0.5) is 8.78 Å². The second-order valence-electron chi connectivity index (χ2n) is 6.09. The van der Waals surface area contributed by atoms with Gasteiger partial charge in [-0.3, -0.25) is 9.59 Å². The second-order valence-corrected chi connectivity index (χ2v) is 6.09. The second kappa shape index (κ2) is 8.61. The van der Waals surface area contributed by atoms with Crippen molar-refractivity contribution in [3.63, 3.8) is 0 Å². The van der Waals surface area contributed by atoms with Crippen molar-refractivity contribution in [3.05, 3.63) is 29.8 Å². The Morgan fingerprint density at radius 1 is 1.29 bits per heavy atom. The molecular formula is C17H22F2N2O3. The van der Waals surface area contributed by atoms with Crippen LogP contribution in [0.5, 0.6) is 5.75 Å². The van der Waals surface area contributed by atoms with Crippen LogP contribution in [0.15, 0.2) is 24.3 Å².